The third-order valence-corrected chi connectivity index (χ3v) is 5.10. The Bertz CT molecular complexity index is 1060. The van der Waals surface area contributed by atoms with Gasteiger partial charge in [0.2, 0.25) is 4.77 Å². The van der Waals surface area contributed by atoms with Crippen LogP contribution in [0.1, 0.15) is 27.7 Å². The van der Waals surface area contributed by atoms with Crippen LogP contribution in [-0.2, 0) is 6.67 Å². The molecule has 4 rings (SSSR count). The summed E-state index contributed by atoms with van der Waals surface area (Å²) < 4.78 is 7.85. The van der Waals surface area contributed by atoms with E-state index in [2.05, 4.69) is 20.0 Å². The highest BCUT2D eigenvalue weighted by atomic mass is 32.1. The lowest BCUT2D eigenvalue weighted by atomic mass is 10.2. The van der Waals surface area contributed by atoms with Crippen molar-refractivity contribution >= 4 is 30.3 Å². The Balaban J connectivity index is 1.34. The van der Waals surface area contributed by atoms with Gasteiger partial charge in [-0.1, -0.05) is 0 Å². The molecule has 29 heavy (non-hydrogen) atoms. The van der Waals surface area contributed by atoms with E-state index in [1.807, 2.05) is 40.8 Å². The van der Waals surface area contributed by atoms with Crippen LogP contribution in [0.25, 0.3) is 12.2 Å². The van der Waals surface area contributed by atoms with Gasteiger partial charge in [-0.15, -0.1) is 0 Å². The summed E-state index contributed by atoms with van der Waals surface area (Å²) in [6.07, 6.45) is 6.98. The minimum Gasteiger partial charge on any atom is -0.462 e. The first kappa shape index (κ1) is 19.3. The quantitative estimate of drug-likeness (QED) is 0.652. The first-order valence-electron chi connectivity index (χ1n) is 9.41. The molecule has 0 radical (unpaired) electrons. The summed E-state index contributed by atoms with van der Waals surface area (Å²) in [5, 5.41) is 3.21. The number of amides is 1. The SMILES string of the molecule is Cc1ccc(C=Cc2nc(=S)n(CN3CCN(C(=O)c4ccncc4)CC3)[nH]2)o1. The molecule has 0 bridgehead atoms. The molecule has 4 heterocycles. The van der Waals surface area contributed by atoms with Crippen molar-refractivity contribution in [2.24, 2.45) is 0 Å². The predicted molar refractivity (Wildman–Crippen MR) is 111 cm³/mol. The zero-order chi connectivity index (χ0) is 20.2. The zero-order valence-electron chi connectivity index (χ0n) is 16.1. The number of piperazine rings is 1. The van der Waals surface area contributed by atoms with Crippen LogP contribution in [0.5, 0.6) is 0 Å². The van der Waals surface area contributed by atoms with Crippen LogP contribution in [0.4, 0.5) is 0 Å². The summed E-state index contributed by atoms with van der Waals surface area (Å²) in [6.45, 7) is 5.41. The van der Waals surface area contributed by atoms with Gasteiger partial charge >= 0.3 is 0 Å². The van der Waals surface area contributed by atoms with E-state index in [4.69, 9.17) is 16.6 Å². The molecule has 1 aliphatic rings. The van der Waals surface area contributed by atoms with Crippen molar-refractivity contribution in [3.05, 3.63) is 64.3 Å². The number of aromatic nitrogens is 4. The van der Waals surface area contributed by atoms with Crippen molar-refractivity contribution in [2.45, 2.75) is 13.6 Å². The molecule has 9 heteroatoms. The number of aryl methyl sites for hydroxylation is 1. The molecule has 0 saturated carbocycles. The van der Waals surface area contributed by atoms with Gasteiger partial charge in [-0.25, -0.2) is 4.68 Å². The van der Waals surface area contributed by atoms with Gasteiger partial charge in [0.15, 0.2) is 0 Å². The Morgan fingerprint density at radius 3 is 2.62 bits per heavy atom. The molecule has 0 atom stereocenters. The number of carbonyl (C=O) groups excluding carboxylic acids is 1. The molecule has 1 amide bonds. The number of rotatable bonds is 5. The lowest BCUT2D eigenvalue weighted by Gasteiger charge is -2.34. The number of furan rings is 1. The van der Waals surface area contributed by atoms with Gasteiger partial charge in [0.05, 0.1) is 6.67 Å². The highest BCUT2D eigenvalue weighted by molar-refractivity contribution is 7.71. The molecular formula is C20H22N6O2S. The third-order valence-electron chi connectivity index (χ3n) is 4.79. The smallest absolute Gasteiger partial charge is 0.254 e. The molecule has 0 aromatic carbocycles. The largest absolute Gasteiger partial charge is 0.462 e. The van der Waals surface area contributed by atoms with E-state index in [1.165, 1.54) is 0 Å². The highest BCUT2D eigenvalue weighted by Crippen LogP contribution is 2.11. The molecule has 1 saturated heterocycles. The van der Waals surface area contributed by atoms with Crippen molar-refractivity contribution in [1.82, 2.24) is 29.5 Å². The van der Waals surface area contributed by atoms with Crippen molar-refractivity contribution < 1.29 is 9.21 Å². The summed E-state index contributed by atoms with van der Waals surface area (Å²) >= 11 is 5.37. The Labute approximate surface area is 173 Å². The average Bonchev–Trinajstić information content (AvgIpc) is 3.32. The monoisotopic (exact) mass is 410 g/mol. The third kappa shape index (κ3) is 4.69. The number of nitrogens with one attached hydrogen (secondary N) is 1. The minimum atomic E-state index is 0.0470. The van der Waals surface area contributed by atoms with E-state index >= 15 is 0 Å². The maximum Gasteiger partial charge on any atom is 0.254 e. The summed E-state index contributed by atoms with van der Waals surface area (Å²) in [4.78, 5) is 25.0. The van der Waals surface area contributed by atoms with E-state index in [0.717, 1.165) is 24.6 Å². The molecule has 3 aromatic rings. The first-order chi connectivity index (χ1) is 14.1. The molecule has 150 valence electrons. The summed E-state index contributed by atoms with van der Waals surface area (Å²) in [5.41, 5.74) is 0.674. The molecule has 1 fully saturated rings. The van der Waals surface area contributed by atoms with Gasteiger partial charge in [-0.05, 0) is 55.6 Å². The van der Waals surface area contributed by atoms with Crippen LogP contribution < -0.4 is 0 Å². The van der Waals surface area contributed by atoms with Gasteiger partial charge < -0.3 is 9.32 Å². The Morgan fingerprint density at radius 2 is 1.93 bits per heavy atom. The van der Waals surface area contributed by atoms with Gasteiger partial charge in [0.1, 0.15) is 17.3 Å². The van der Waals surface area contributed by atoms with E-state index in [1.54, 1.807) is 24.5 Å². The highest BCUT2D eigenvalue weighted by Gasteiger charge is 2.22. The van der Waals surface area contributed by atoms with Crippen molar-refractivity contribution in [2.75, 3.05) is 26.2 Å². The van der Waals surface area contributed by atoms with E-state index < -0.39 is 0 Å². The van der Waals surface area contributed by atoms with Crippen LogP contribution >= 0.6 is 12.2 Å². The van der Waals surface area contributed by atoms with E-state index in [-0.39, 0.29) is 5.91 Å². The fourth-order valence-electron chi connectivity index (χ4n) is 3.22. The normalized spacial score (nSPS) is 15.3. The number of pyridine rings is 1. The summed E-state index contributed by atoms with van der Waals surface area (Å²) in [6, 6.07) is 7.32. The Kier molecular flexibility index (Phi) is 5.68. The number of hydrogen-bond acceptors (Lipinski definition) is 6. The fourth-order valence-corrected chi connectivity index (χ4v) is 3.42. The molecule has 1 aliphatic heterocycles. The fraction of sp³-hybridized carbons (Fsp3) is 0.300. The number of hydrogen-bond donors (Lipinski definition) is 1. The maximum atomic E-state index is 12.5. The summed E-state index contributed by atoms with van der Waals surface area (Å²) in [5.74, 6) is 2.36. The van der Waals surface area contributed by atoms with Crippen molar-refractivity contribution in [3.63, 3.8) is 0 Å². The number of aromatic amines is 1. The number of nitrogens with zero attached hydrogens (tertiary/aromatic N) is 5. The van der Waals surface area contributed by atoms with Crippen LogP contribution in [0.15, 0.2) is 41.1 Å². The first-order valence-corrected chi connectivity index (χ1v) is 9.82. The Morgan fingerprint density at radius 1 is 1.17 bits per heavy atom. The second-order valence-corrected chi connectivity index (χ2v) is 7.25. The molecular weight excluding hydrogens is 388 g/mol. The molecule has 1 N–H and O–H groups in total. The van der Waals surface area contributed by atoms with Crippen LogP contribution in [-0.4, -0.2) is 61.6 Å². The molecule has 0 unspecified atom stereocenters. The number of carbonyl (C=O) groups is 1. The van der Waals surface area contributed by atoms with E-state index in [9.17, 15) is 4.79 Å². The average molecular weight is 411 g/mol. The van der Waals surface area contributed by atoms with Crippen LogP contribution in [0, 0.1) is 11.7 Å². The minimum absolute atomic E-state index is 0.0470. The van der Waals surface area contributed by atoms with Gasteiger partial charge in [-0.2, -0.15) is 4.98 Å². The van der Waals surface area contributed by atoms with Crippen LogP contribution in [0.2, 0.25) is 0 Å². The molecule has 0 spiro atoms. The lowest BCUT2D eigenvalue weighted by Crippen LogP contribution is -2.49. The topological polar surface area (TPSA) is 83.2 Å². The van der Waals surface area contributed by atoms with E-state index in [0.29, 0.717) is 35.9 Å². The van der Waals surface area contributed by atoms with Crippen LogP contribution in [0.3, 0.4) is 0 Å². The summed E-state index contributed by atoms with van der Waals surface area (Å²) in [7, 11) is 0. The number of H-pyrrole nitrogens is 1. The standard InChI is InChI=1S/C20H22N6O2S/c1-15-2-3-17(28-15)4-5-18-22-20(29)26(23-18)14-24-10-12-25(13-11-24)19(27)16-6-8-21-9-7-16/h2-9H,10-14H2,1H3,(H,22,23,29). The zero-order valence-corrected chi connectivity index (χ0v) is 16.9. The van der Waals surface area contributed by atoms with Gasteiger partial charge in [-0.3, -0.25) is 19.8 Å². The maximum absolute atomic E-state index is 12.5. The van der Waals surface area contributed by atoms with Gasteiger partial charge in [0.25, 0.3) is 5.91 Å². The van der Waals surface area contributed by atoms with Crippen molar-refractivity contribution in [3.8, 4) is 0 Å². The Hall–Kier alpha value is -3.04. The molecule has 8 nitrogen and oxygen atoms in total. The van der Waals surface area contributed by atoms with Crippen molar-refractivity contribution in [1.29, 1.82) is 0 Å². The van der Waals surface area contributed by atoms with Gasteiger partial charge in [0, 0.05) is 44.1 Å². The predicted octanol–water partition coefficient (Wildman–Crippen LogP) is 2.82. The second-order valence-electron chi connectivity index (χ2n) is 6.89. The lowest BCUT2D eigenvalue weighted by molar-refractivity contribution is 0.0585. The second kappa shape index (κ2) is 8.54. The molecule has 3 aromatic heterocycles. The molecule has 0 aliphatic carbocycles.